The predicted molar refractivity (Wildman–Crippen MR) is 55.5 cm³/mol. The molecule has 0 aromatic carbocycles. The molecule has 4 heteroatoms. The van der Waals surface area contributed by atoms with Crippen LogP contribution in [0.4, 0.5) is 0 Å². The number of nitrogens with one attached hydrogen (secondary N) is 1. The molecule has 2 fully saturated rings. The number of hydrogen-bond acceptors (Lipinski definition) is 4. The average molecular weight is 213 g/mol. The van der Waals surface area contributed by atoms with Gasteiger partial charge in [0.2, 0.25) is 0 Å². The Morgan fingerprint density at radius 3 is 2.60 bits per heavy atom. The Balaban J connectivity index is 1.82. The summed E-state index contributed by atoms with van der Waals surface area (Å²) in [6, 6.07) is 0.590. The number of carbonyl (C=O) groups is 1. The maximum absolute atomic E-state index is 11.6. The number of esters is 1. The summed E-state index contributed by atoms with van der Waals surface area (Å²) < 4.78 is 9.95. The largest absolute Gasteiger partial charge is 0.468 e. The van der Waals surface area contributed by atoms with Crippen LogP contribution < -0.4 is 5.32 Å². The number of methoxy groups -OCH3 is 1. The molecule has 4 nitrogen and oxygen atoms in total. The first-order valence-electron chi connectivity index (χ1n) is 5.66. The summed E-state index contributed by atoms with van der Waals surface area (Å²) in [5.74, 6) is -0.140. The second-order valence-corrected chi connectivity index (χ2v) is 4.63. The van der Waals surface area contributed by atoms with E-state index >= 15 is 0 Å². The van der Waals surface area contributed by atoms with Crippen LogP contribution in [0, 0.1) is 5.41 Å². The molecular weight excluding hydrogens is 194 g/mol. The highest BCUT2D eigenvalue weighted by Gasteiger charge is 2.47. The van der Waals surface area contributed by atoms with Crippen LogP contribution in [-0.4, -0.2) is 38.9 Å². The van der Waals surface area contributed by atoms with Gasteiger partial charge in [-0.2, -0.15) is 0 Å². The van der Waals surface area contributed by atoms with Crippen molar-refractivity contribution < 1.29 is 14.3 Å². The van der Waals surface area contributed by atoms with Gasteiger partial charge >= 0.3 is 5.97 Å². The average Bonchev–Trinajstić information content (AvgIpc) is 2.68. The molecule has 0 spiro atoms. The molecule has 2 aliphatic rings. The third-order valence-electron chi connectivity index (χ3n) is 3.46. The zero-order valence-corrected chi connectivity index (χ0v) is 9.25. The van der Waals surface area contributed by atoms with Crippen LogP contribution >= 0.6 is 0 Å². The molecule has 0 aromatic heterocycles. The van der Waals surface area contributed by atoms with Crippen molar-refractivity contribution in [2.75, 3.05) is 26.9 Å². The van der Waals surface area contributed by atoms with Crippen molar-refractivity contribution in [1.29, 1.82) is 0 Å². The number of rotatable bonds is 4. The molecule has 1 N–H and O–H groups in total. The molecule has 0 atom stereocenters. The minimum Gasteiger partial charge on any atom is -0.468 e. The van der Waals surface area contributed by atoms with E-state index in [0.29, 0.717) is 25.8 Å². The summed E-state index contributed by atoms with van der Waals surface area (Å²) in [6.45, 7) is 1.70. The summed E-state index contributed by atoms with van der Waals surface area (Å²) in [5, 5.41) is 3.46. The van der Waals surface area contributed by atoms with Gasteiger partial charge < -0.3 is 14.8 Å². The van der Waals surface area contributed by atoms with Crippen molar-refractivity contribution in [2.45, 2.75) is 31.7 Å². The van der Waals surface area contributed by atoms with Gasteiger partial charge in [-0.3, -0.25) is 4.79 Å². The van der Waals surface area contributed by atoms with E-state index in [4.69, 9.17) is 9.47 Å². The predicted octanol–water partition coefficient (Wildman–Crippen LogP) is 0.708. The lowest BCUT2D eigenvalue weighted by atomic mass is 9.85. The van der Waals surface area contributed by atoms with E-state index in [1.54, 1.807) is 0 Å². The fourth-order valence-corrected chi connectivity index (χ4v) is 2.33. The Morgan fingerprint density at radius 2 is 2.13 bits per heavy atom. The Hall–Kier alpha value is -0.610. The van der Waals surface area contributed by atoms with Gasteiger partial charge in [-0.15, -0.1) is 0 Å². The van der Waals surface area contributed by atoms with E-state index in [9.17, 15) is 4.79 Å². The summed E-state index contributed by atoms with van der Waals surface area (Å²) in [4.78, 5) is 11.6. The summed E-state index contributed by atoms with van der Waals surface area (Å²) >= 11 is 0. The molecule has 15 heavy (non-hydrogen) atoms. The van der Waals surface area contributed by atoms with E-state index in [1.807, 2.05) is 0 Å². The van der Waals surface area contributed by atoms with Crippen LogP contribution in [0.15, 0.2) is 0 Å². The van der Waals surface area contributed by atoms with Crippen molar-refractivity contribution in [1.82, 2.24) is 5.32 Å². The Bertz CT molecular complexity index is 232. The van der Waals surface area contributed by atoms with Gasteiger partial charge in [0, 0.05) is 12.6 Å². The van der Waals surface area contributed by atoms with Gasteiger partial charge in [-0.25, -0.2) is 0 Å². The van der Waals surface area contributed by atoms with Crippen LogP contribution in [-0.2, 0) is 14.3 Å². The minimum absolute atomic E-state index is 0.140. The highest BCUT2D eigenvalue weighted by Crippen LogP contribution is 2.29. The molecular formula is C11H19NO3. The molecule has 0 radical (unpaired) electrons. The van der Waals surface area contributed by atoms with Gasteiger partial charge in [0.05, 0.1) is 20.3 Å². The van der Waals surface area contributed by atoms with E-state index in [-0.39, 0.29) is 5.97 Å². The first-order chi connectivity index (χ1) is 7.27. The zero-order chi connectivity index (χ0) is 10.7. The lowest BCUT2D eigenvalue weighted by molar-refractivity contribution is -0.182. The van der Waals surface area contributed by atoms with Crippen LogP contribution in [0.25, 0.3) is 0 Å². The third kappa shape index (κ3) is 2.16. The molecule has 0 amide bonds. The lowest BCUT2D eigenvalue weighted by Crippen LogP contribution is -2.56. The Labute approximate surface area is 90.3 Å². The van der Waals surface area contributed by atoms with Gasteiger partial charge in [0.15, 0.2) is 0 Å². The molecule has 86 valence electrons. The van der Waals surface area contributed by atoms with Gasteiger partial charge in [0.1, 0.15) is 5.41 Å². The monoisotopic (exact) mass is 213 g/mol. The molecule has 1 saturated heterocycles. The molecule has 0 unspecified atom stereocenters. The molecule has 1 aliphatic carbocycles. The van der Waals surface area contributed by atoms with Crippen molar-refractivity contribution >= 4 is 5.97 Å². The molecule has 0 aromatic rings. The second kappa shape index (κ2) is 4.49. The number of ether oxygens (including phenoxy) is 2. The Kier molecular flexibility index (Phi) is 3.26. The standard InChI is InChI=1S/C11H19NO3/c1-14-10(13)11(7-15-8-11)6-12-9-4-2-3-5-9/h9,12H,2-8H2,1H3. The third-order valence-corrected chi connectivity index (χ3v) is 3.46. The van der Waals surface area contributed by atoms with Crippen LogP contribution in [0.5, 0.6) is 0 Å². The fourth-order valence-electron chi connectivity index (χ4n) is 2.33. The van der Waals surface area contributed by atoms with Crippen molar-refractivity contribution in [3.8, 4) is 0 Å². The van der Waals surface area contributed by atoms with E-state index in [1.165, 1.54) is 32.8 Å². The summed E-state index contributed by atoms with van der Waals surface area (Å²) in [6.07, 6.45) is 5.08. The molecule has 1 saturated carbocycles. The van der Waals surface area contributed by atoms with E-state index < -0.39 is 5.41 Å². The maximum atomic E-state index is 11.6. The summed E-state index contributed by atoms with van der Waals surface area (Å²) in [5.41, 5.74) is -0.405. The maximum Gasteiger partial charge on any atom is 0.317 e. The lowest BCUT2D eigenvalue weighted by Gasteiger charge is -2.39. The highest BCUT2D eigenvalue weighted by molar-refractivity contribution is 5.78. The molecule has 0 bridgehead atoms. The van der Waals surface area contributed by atoms with Crippen molar-refractivity contribution in [3.63, 3.8) is 0 Å². The number of hydrogen-bond donors (Lipinski definition) is 1. The fraction of sp³-hybridized carbons (Fsp3) is 0.909. The first-order valence-corrected chi connectivity index (χ1v) is 5.66. The molecule has 2 rings (SSSR count). The second-order valence-electron chi connectivity index (χ2n) is 4.63. The molecule has 1 aliphatic heterocycles. The minimum atomic E-state index is -0.405. The van der Waals surface area contributed by atoms with Gasteiger partial charge in [-0.1, -0.05) is 12.8 Å². The quantitative estimate of drug-likeness (QED) is 0.699. The van der Waals surface area contributed by atoms with Crippen LogP contribution in [0.3, 0.4) is 0 Å². The van der Waals surface area contributed by atoms with Crippen molar-refractivity contribution in [3.05, 3.63) is 0 Å². The normalized spacial score (nSPS) is 24.9. The summed E-state index contributed by atoms with van der Waals surface area (Å²) in [7, 11) is 1.44. The molecule has 1 heterocycles. The van der Waals surface area contributed by atoms with Crippen molar-refractivity contribution in [2.24, 2.45) is 5.41 Å². The Morgan fingerprint density at radius 1 is 1.47 bits per heavy atom. The number of carbonyl (C=O) groups excluding carboxylic acids is 1. The van der Waals surface area contributed by atoms with E-state index in [0.717, 1.165) is 0 Å². The van der Waals surface area contributed by atoms with E-state index in [2.05, 4.69) is 5.32 Å². The van der Waals surface area contributed by atoms with Gasteiger partial charge in [0.25, 0.3) is 0 Å². The smallest absolute Gasteiger partial charge is 0.317 e. The highest BCUT2D eigenvalue weighted by atomic mass is 16.5. The topological polar surface area (TPSA) is 47.6 Å². The van der Waals surface area contributed by atoms with Gasteiger partial charge in [-0.05, 0) is 12.8 Å². The zero-order valence-electron chi connectivity index (χ0n) is 9.25. The van der Waals surface area contributed by atoms with Crippen LogP contribution in [0.2, 0.25) is 0 Å². The SMILES string of the molecule is COC(=O)C1(CNC2CCCC2)COC1. The first kappa shape index (κ1) is 10.9. The van der Waals surface area contributed by atoms with Crippen LogP contribution in [0.1, 0.15) is 25.7 Å².